The number of fused-ring (bicyclic) bond motifs is 1. The highest BCUT2D eigenvalue weighted by atomic mass is 28.4. The van der Waals surface area contributed by atoms with Gasteiger partial charge in [-0.05, 0) is 81.1 Å². The van der Waals surface area contributed by atoms with Crippen molar-refractivity contribution < 1.29 is 4.43 Å². The summed E-state index contributed by atoms with van der Waals surface area (Å²) in [6.07, 6.45) is 11.9. The maximum absolute atomic E-state index is 6.42. The first kappa shape index (κ1) is 20.5. The van der Waals surface area contributed by atoms with Crippen LogP contribution in [0.4, 0.5) is 0 Å². The molecule has 0 aliphatic heterocycles. The van der Waals surface area contributed by atoms with Gasteiger partial charge in [0, 0.05) is 5.56 Å². The van der Waals surface area contributed by atoms with E-state index in [1.807, 2.05) is 0 Å². The number of allylic oxidation sites excluding steroid dienone is 7. The van der Waals surface area contributed by atoms with E-state index in [-0.39, 0.29) is 5.41 Å². The van der Waals surface area contributed by atoms with Gasteiger partial charge in [-0.15, -0.1) is 0 Å². The summed E-state index contributed by atoms with van der Waals surface area (Å²) in [5.41, 5.74) is 6.61. The summed E-state index contributed by atoms with van der Waals surface area (Å²) < 4.78 is 6.42. The van der Waals surface area contributed by atoms with Crippen LogP contribution in [0.25, 0.3) is 11.3 Å². The summed E-state index contributed by atoms with van der Waals surface area (Å²) in [5.74, 6) is 1.08. The zero-order chi connectivity index (χ0) is 19.5. The molecule has 1 aromatic carbocycles. The van der Waals surface area contributed by atoms with Crippen molar-refractivity contribution in [3.05, 3.63) is 70.8 Å². The summed E-state index contributed by atoms with van der Waals surface area (Å²) in [6.45, 7) is 17.7. The van der Waals surface area contributed by atoms with Crippen LogP contribution >= 0.6 is 0 Å². The maximum Gasteiger partial charge on any atom is 0.242 e. The highest BCUT2D eigenvalue weighted by Crippen LogP contribution is 2.41. The average Bonchev–Trinajstić information content (AvgIpc) is 2.56. The summed E-state index contributed by atoms with van der Waals surface area (Å²) in [7, 11) is -1.64. The van der Waals surface area contributed by atoms with E-state index in [1.165, 1.54) is 27.8 Å². The van der Waals surface area contributed by atoms with Gasteiger partial charge in [0.05, 0.1) is 0 Å². The minimum absolute atomic E-state index is 0.153. The van der Waals surface area contributed by atoms with E-state index in [0.29, 0.717) is 0 Å². The van der Waals surface area contributed by atoms with Crippen molar-refractivity contribution in [3.63, 3.8) is 0 Å². The van der Waals surface area contributed by atoms with Crippen LogP contribution in [0.5, 0.6) is 0 Å². The van der Waals surface area contributed by atoms with E-state index < -0.39 is 8.32 Å². The minimum atomic E-state index is -1.64. The average molecular weight is 367 g/mol. The molecule has 2 heteroatoms. The van der Waals surface area contributed by atoms with Crippen molar-refractivity contribution in [2.24, 2.45) is 0 Å². The second kappa shape index (κ2) is 7.83. The highest BCUT2D eigenvalue weighted by Gasteiger charge is 2.31. The van der Waals surface area contributed by atoms with Gasteiger partial charge < -0.3 is 4.43 Å². The molecular weight excluding hydrogens is 332 g/mol. The van der Waals surface area contributed by atoms with Gasteiger partial charge in [-0.3, -0.25) is 0 Å². The lowest BCUT2D eigenvalue weighted by molar-refractivity contribution is 0.472. The second-order valence-corrected chi connectivity index (χ2v) is 13.3. The second-order valence-electron chi connectivity index (χ2n) is 8.87. The number of benzene rings is 1. The maximum atomic E-state index is 6.42. The molecule has 0 radical (unpaired) electrons. The molecule has 1 aliphatic carbocycles. The predicted molar refractivity (Wildman–Crippen MR) is 119 cm³/mol. The van der Waals surface area contributed by atoms with Gasteiger partial charge in [0.1, 0.15) is 5.76 Å². The van der Waals surface area contributed by atoms with Crippen molar-refractivity contribution in [2.45, 2.75) is 66.1 Å². The third-order valence-corrected chi connectivity index (χ3v) is 5.68. The van der Waals surface area contributed by atoms with Crippen molar-refractivity contribution in [1.82, 2.24) is 0 Å². The molecule has 0 bridgehead atoms. The van der Waals surface area contributed by atoms with Crippen LogP contribution < -0.4 is 0 Å². The van der Waals surface area contributed by atoms with E-state index in [1.54, 1.807) is 0 Å². The summed E-state index contributed by atoms with van der Waals surface area (Å²) in [4.78, 5) is 0. The first-order valence-electron chi connectivity index (χ1n) is 9.56. The Labute approximate surface area is 161 Å². The van der Waals surface area contributed by atoms with Crippen LogP contribution in [0.15, 0.2) is 54.2 Å². The molecule has 0 spiro atoms. The molecule has 140 valence electrons. The first-order valence-corrected chi connectivity index (χ1v) is 13.0. The fourth-order valence-electron chi connectivity index (χ4n) is 3.11. The van der Waals surface area contributed by atoms with E-state index in [4.69, 9.17) is 4.43 Å². The van der Waals surface area contributed by atoms with Gasteiger partial charge in [0.25, 0.3) is 0 Å². The molecule has 2 rings (SSSR count). The third kappa shape index (κ3) is 5.11. The summed E-state index contributed by atoms with van der Waals surface area (Å²) >= 11 is 0. The lowest BCUT2D eigenvalue weighted by atomic mass is 9.74. The molecule has 1 aliphatic rings. The van der Waals surface area contributed by atoms with Gasteiger partial charge in [0.15, 0.2) is 0 Å². The van der Waals surface area contributed by atoms with Crippen LogP contribution in [0.1, 0.15) is 57.7 Å². The Morgan fingerprint density at radius 2 is 1.85 bits per heavy atom. The lowest BCUT2D eigenvalue weighted by Crippen LogP contribution is -2.28. The van der Waals surface area contributed by atoms with Crippen LogP contribution in [-0.4, -0.2) is 8.32 Å². The molecule has 1 aromatic rings. The Bertz CT molecular complexity index is 783. The predicted octanol–water partition coefficient (Wildman–Crippen LogP) is 7.49. The molecule has 0 aromatic heterocycles. The molecule has 0 saturated carbocycles. The Hall–Kier alpha value is -1.80. The first-order chi connectivity index (χ1) is 12.0. The summed E-state index contributed by atoms with van der Waals surface area (Å²) in [5, 5.41) is 0. The molecule has 0 amide bonds. The fraction of sp³-hybridized carbons (Fsp3) is 0.417. The van der Waals surface area contributed by atoms with Crippen molar-refractivity contribution in [1.29, 1.82) is 0 Å². The zero-order valence-electron chi connectivity index (χ0n) is 17.7. The monoisotopic (exact) mass is 366 g/mol. The summed E-state index contributed by atoms with van der Waals surface area (Å²) in [6, 6.07) is 6.86. The Kier molecular flexibility index (Phi) is 6.18. The standard InChI is InChI=1S/C24H34OSi/c1-9-18(2)11-10-12-19(3)20-13-14-22-21(17-20)23(25-26(6,7)8)15-16-24(22,4)5/h9-15,17H,16H2,1-8H3/b11-10+,18-9+,19-12+. The quantitative estimate of drug-likeness (QED) is 0.387. The van der Waals surface area contributed by atoms with Crippen LogP contribution in [0, 0.1) is 0 Å². The Balaban J connectivity index is 2.43. The fourth-order valence-corrected chi connectivity index (χ4v) is 3.97. The van der Waals surface area contributed by atoms with Gasteiger partial charge in [0.2, 0.25) is 8.32 Å². The number of hydrogen-bond donors (Lipinski definition) is 0. The van der Waals surface area contributed by atoms with E-state index in [2.05, 4.69) is 103 Å². The number of rotatable bonds is 5. The Morgan fingerprint density at radius 1 is 1.15 bits per heavy atom. The topological polar surface area (TPSA) is 9.23 Å². The SMILES string of the molecule is C/C=C(C)/C=C/C=C(\C)c1ccc2c(c1)C(O[Si](C)(C)C)=CCC2(C)C. The van der Waals surface area contributed by atoms with E-state index >= 15 is 0 Å². The highest BCUT2D eigenvalue weighted by molar-refractivity contribution is 6.70. The zero-order valence-corrected chi connectivity index (χ0v) is 18.7. The van der Waals surface area contributed by atoms with Gasteiger partial charge in [-0.1, -0.05) is 55.9 Å². The van der Waals surface area contributed by atoms with Crippen molar-refractivity contribution in [3.8, 4) is 0 Å². The molecule has 0 atom stereocenters. The third-order valence-electron chi connectivity index (χ3n) is 4.84. The molecule has 26 heavy (non-hydrogen) atoms. The van der Waals surface area contributed by atoms with Crippen LogP contribution in [0.3, 0.4) is 0 Å². The van der Waals surface area contributed by atoms with Crippen molar-refractivity contribution in [2.75, 3.05) is 0 Å². The Morgan fingerprint density at radius 3 is 2.46 bits per heavy atom. The minimum Gasteiger partial charge on any atom is -0.544 e. The molecule has 1 nitrogen and oxygen atoms in total. The molecule has 0 fully saturated rings. The molecule has 0 heterocycles. The van der Waals surface area contributed by atoms with Gasteiger partial charge in [-0.2, -0.15) is 0 Å². The largest absolute Gasteiger partial charge is 0.544 e. The smallest absolute Gasteiger partial charge is 0.242 e. The van der Waals surface area contributed by atoms with E-state index in [9.17, 15) is 0 Å². The lowest BCUT2D eigenvalue weighted by Gasteiger charge is -2.34. The van der Waals surface area contributed by atoms with Gasteiger partial charge >= 0.3 is 0 Å². The normalized spacial score (nSPS) is 17.9. The molecule has 0 saturated heterocycles. The van der Waals surface area contributed by atoms with Crippen LogP contribution in [0.2, 0.25) is 19.6 Å². The van der Waals surface area contributed by atoms with Crippen LogP contribution in [-0.2, 0) is 9.84 Å². The molecule has 0 N–H and O–H groups in total. The molecular formula is C24H34OSi. The van der Waals surface area contributed by atoms with Gasteiger partial charge in [-0.25, -0.2) is 0 Å². The number of hydrogen-bond acceptors (Lipinski definition) is 1. The van der Waals surface area contributed by atoms with E-state index in [0.717, 1.165) is 12.2 Å². The van der Waals surface area contributed by atoms with Crippen molar-refractivity contribution >= 4 is 19.6 Å². The molecule has 0 unspecified atom stereocenters.